The Bertz CT molecular complexity index is 898. The molecule has 0 spiro atoms. The summed E-state index contributed by atoms with van der Waals surface area (Å²) < 4.78 is 40.8. The standard InChI is InChI=1S/C18H22N2O5S/c1-12-6-7-13(2)18(8-12)26(21,22)20-19-11-15-16(24-4)9-14(23-3)10-17(15)25-5/h6-11,20H,1-5H3. The number of nitrogens with zero attached hydrogens (tertiary/aromatic N) is 1. The predicted octanol–water partition coefficient (Wildman–Crippen LogP) is 2.64. The molecule has 0 saturated carbocycles. The van der Waals surface area contributed by atoms with E-state index in [1.54, 1.807) is 31.2 Å². The Morgan fingerprint density at radius 2 is 1.58 bits per heavy atom. The largest absolute Gasteiger partial charge is 0.496 e. The van der Waals surface area contributed by atoms with Crippen LogP contribution in [0.2, 0.25) is 0 Å². The molecule has 0 fully saturated rings. The van der Waals surface area contributed by atoms with Gasteiger partial charge in [0.15, 0.2) is 0 Å². The van der Waals surface area contributed by atoms with Gasteiger partial charge in [0, 0.05) is 12.1 Å². The molecule has 26 heavy (non-hydrogen) atoms. The zero-order valence-electron chi connectivity index (χ0n) is 15.4. The molecule has 140 valence electrons. The van der Waals surface area contributed by atoms with E-state index < -0.39 is 10.0 Å². The van der Waals surface area contributed by atoms with Crippen molar-refractivity contribution in [2.75, 3.05) is 21.3 Å². The van der Waals surface area contributed by atoms with Crippen LogP contribution in [0.4, 0.5) is 0 Å². The molecular formula is C18H22N2O5S. The monoisotopic (exact) mass is 378 g/mol. The van der Waals surface area contributed by atoms with Gasteiger partial charge in [-0.25, -0.2) is 4.83 Å². The number of hydrogen-bond donors (Lipinski definition) is 1. The summed E-state index contributed by atoms with van der Waals surface area (Å²) in [5, 5.41) is 3.87. The molecule has 2 aromatic rings. The summed E-state index contributed by atoms with van der Waals surface area (Å²) in [7, 11) is 0.722. The van der Waals surface area contributed by atoms with E-state index in [1.807, 2.05) is 13.0 Å². The number of rotatable bonds is 7. The van der Waals surface area contributed by atoms with Crippen LogP contribution in [-0.2, 0) is 10.0 Å². The van der Waals surface area contributed by atoms with Crippen molar-refractivity contribution in [2.24, 2.45) is 5.10 Å². The number of sulfonamides is 1. The Balaban J connectivity index is 2.34. The highest BCUT2D eigenvalue weighted by molar-refractivity contribution is 7.89. The van der Waals surface area contributed by atoms with Crippen LogP contribution < -0.4 is 19.0 Å². The number of nitrogens with one attached hydrogen (secondary N) is 1. The van der Waals surface area contributed by atoms with Crippen molar-refractivity contribution in [1.29, 1.82) is 0 Å². The molecule has 8 heteroatoms. The number of hydrazone groups is 1. The van der Waals surface area contributed by atoms with Gasteiger partial charge in [0.25, 0.3) is 10.0 Å². The van der Waals surface area contributed by atoms with Gasteiger partial charge in [-0.15, -0.1) is 0 Å². The molecule has 1 N–H and O–H groups in total. The molecule has 0 bridgehead atoms. The van der Waals surface area contributed by atoms with Gasteiger partial charge in [-0.05, 0) is 31.0 Å². The van der Waals surface area contributed by atoms with Crippen molar-refractivity contribution in [3.8, 4) is 17.2 Å². The Kier molecular flexibility index (Phi) is 6.10. The maximum Gasteiger partial charge on any atom is 0.276 e. The van der Waals surface area contributed by atoms with E-state index in [-0.39, 0.29) is 4.90 Å². The Hall–Kier alpha value is -2.74. The molecular weight excluding hydrogens is 356 g/mol. The Labute approximate surface area is 153 Å². The van der Waals surface area contributed by atoms with E-state index in [1.165, 1.54) is 27.5 Å². The second-order valence-corrected chi connectivity index (χ2v) is 7.20. The van der Waals surface area contributed by atoms with Crippen molar-refractivity contribution < 1.29 is 22.6 Å². The summed E-state index contributed by atoms with van der Waals surface area (Å²) in [5.74, 6) is 1.43. The van der Waals surface area contributed by atoms with E-state index in [0.29, 0.717) is 28.4 Å². The van der Waals surface area contributed by atoms with Crippen molar-refractivity contribution in [3.05, 3.63) is 47.0 Å². The highest BCUT2D eigenvalue weighted by atomic mass is 32.2. The topological polar surface area (TPSA) is 86.2 Å². The normalized spacial score (nSPS) is 11.4. The van der Waals surface area contributed by atoms with Crippen LogP contribution in [0.1, 0.15) is 16.7 Å². The summed E-state index contributed by atoms with van der Waals surface area (Å²) in [6.07, 6.45) is 1.33. The first-order valence-electron chi connectivity index (χ1n) is 7.74. The maximum atomic E-state index is 12.5. The molecule has 2 aromatic carbocycles. The third-order valence-corrected chi connectivity index (χ3v) is 5.12. The van der Waals surface area contributed by atoms with Gasteiger partial charge in [0.05, 0.1) is 38.0 Å². The lowest BCUT2D eigenvalue weighted by molar-refractivity contribution is 0.374. The Morgan fingerprint density at radius 3 is 2.12 bits per heavy atom. The fourth-order valence-electron chi connectivity index (χ4n) is 2.37. The van der Waals surface area contributed by atoms with Crippen LogP contribution in [-0.4, -0.2) is 36.0 Å². The van der Waals surface area contributed by atoms with E-state index in [2.05, 4.69) is 9.93 Å². The van der Waals surface area contributed by atoms with Gasteiger partial charge in [-0.1, -0.05) is 12.1 Å². The van der Waals surface area contributed by atoms with Crippen LogP contribution in [0.3, 0.4) is 0 Å². The first-order valence-corrected chi connectivity index (χ1v) is 9.23. The highest BCUT2D eigenvalue weighted by Crippen LogP contribution is 2.32. The van der Waals surface area contributed by atoms with Gasteiger partial charge >= 0.3 is 0 Å². The number of aryl methyl sites for hydroxylation is 2. The molecule has 0 radical (unpaired) electrons. The van der Waals surface area contributed by atoms with Crippen molar-refractivity contribution in [1.82, 2.24) is 4.83 Å². The van der Waals surface area contributed by atoms with Crippen molar-refractivity contribution in [2.45, 2.75) is 18.7 Å². The number of methoxy groups -OCH3 is 3. The number of benzene rings is 2. The van der Waals surface area contributed by atoms with Gasteiger partial charge in [0.2, 0.25) is 0 Å². The maximum absolute atomic E-state index is 12.5. The first-order chi connectivity index (χ1) is 12.3. The Morgan fingerprint density at radius 1 is 0.962 bits per heavy atom. The second-order valence-electron chi connectivity index (χ2n) is 5.57. The molecule has 0 atom stereocenters. The lowest BCUT2D eigenvalue weighted by Gasteiger charge is -2.12. The quantitative estimate of drug-likeness (QED) is 0.591. The minimum absolute atomic E-state index is 0.184. The van der Waals surface area contributed by atoms with Gasteiger partial charge in [-0.2, -0.15) is 13.5 Å². The number of ether oxygens (including phenoxy) is 3. The zero-order chi connectivity index (χ0) is 19.3. The molecule has 0 aliphatic carbocycles. The SMILES string of the molecule is COc1cc(OC)c(C=NNS(=O)(=O)c2cc(C)ccc2C)c(OC)c1. The van der Waals surface area contributed by atoms with Crippen LogP contribution in [0, 0.1) is 13.8 Å². The summed E-state index contributed by atoms with van der Waals surface area (Å²) in [5.41, 5.74) is 1.97. The van der Waals surface area contributed by atoms with E-state index in [4.69, 9.17) is 14.2 Å². The van der Waals surface area contributed by atoms with Crippen LogP contribution in [0.5, 0.6) is 17.2 Å². The summed E-state index contributed by atoms with van der Waals surface area (Å²) in [4.78, 5) is 2.41. The molecule has 0 aromatic heterocycles. The van der Waals surface area contributed by atoms with E-state index >= 15 is 0 Å². The fraction of sp³-hybridized carbons (Fsp3) is 0.278. The molecule has 2 rings (SSSR count). The van der Waals surface area contributed by atoms with Crippen LogP contribution in [0.15, 0.2) is 40.3 Å². The molecule has 0 unspecified atom stereocenters. The zero-order valence-corrected chi connectivity index (χ0v) is 16.2. The molecule has 0 aliphatic rings. The average molecular weight is 378 g/mol. The van der Waals surface area contributed by atoms with E-state index in [9.17, 15) is 8.42 Å². The fourth-order valence-corrected chi connectivity index (χ4v) is 3.49. The van der Waals surface area contributed by atoms with Gasteiger partial charge < -0.3 is 14.2 Å². The van der Waals surface area contributed by atoms with Crippen molar-refractivity contribution >= 4 is 16.2 Å². The second kappa shape index (κ2) is 8.09. The predicted molar refractivity (Wildman–Crippen MR) is 99.9 cm³/mol. The van der Waals surface area contributed by atoms with Crippen molar-refractivity contribution in [3.63, 3.8) is 0 Å². The smallest absolute Gasteiger partial charge is 0.276 e. The van der Waals surface area contributed by atoms with Crippen LogP contribution >= 0.6 is 0 Å². The molecule has 0 heterocycles. The lowest BCUT2D eigenvalue weighted by atomic mass is 10.2. The third-order valence-electron chi connectivity index (χ3n) is 3.75. The summed E-state index contributed by atoms with van der Waals surface area (Å²) in [6.45, 7) is 3.56. The molecule has 0 saturated heterocycles. The van der Waals surface area contributed by atoms with E-state index in [0.717, 1.165) is 5.56 Å². The number of hydrogen-bond acceptors (Lipinski definition) is 6. The van der Waals surface area contributed by atoms with Gasteiger partial charge in [0.1, 0.15) is 17.2 Å². The lowest BCUT2D eigenvalue weighted by Crippen LogP contribution is -2.19. The minimum Gasteiger partial charge on any atom is -0.496 e. The van der Waals surface area contributed by atoms with Gasteiger partial charge in [-0.3, -0.25) is 0 Å². The first kappa shape index (κ1) is 19.6. The van der Waals surface area contributed by atoms with Crippen LogP contribution in [0.25, 0.3) is 0 Å². The third kappa shape index (κ3) is 4.26. The summed E-state index contributed by atoms with van der Waals surface area (Å²) in [6, 6.07) is 8.52. The molecule has 7 nitrogen and oxygen atoms in total. The molecule has 0 amide bonds. The molecule has 0 aliphatic heterocycles. The average Bonchev–Trinajstić information content (AvgIpc) is 2.63. The summed E-state index contributed by atoms with van der Waals surface area (Å²) >= 11 is 0. The minimum atomic E-state index is -3.79. The highest BCUT2D eigenvalue weighted by Gasteiger charge is 2.16.